The maximum atomic E-state index is 12.9. The molecule has 0 radical (unpaired) electrons. The molecule has 0 spiro atoms. The third-order valence-electron chi connectivity index (χ3n) is 4.86. The normalized spacial score (nSPS) is 12.3. The fourth-order valence-electron chi connectivity index (χ4n) is 3.19. The first-order valence-corrected chi connectivity index (χ1v) is 11.0. The summed E-state index contributed by atoms with van der Waals surface area (Å²) in [5, 5.41) is 3.61. The Morgan fingerprint density at radius 2 is 2.00 bits per heavy atom. The first kappa shape index (κ1) is 21.2. The van der Waals surface area contributed by atoms with Crippen molar-refractivity contribution in [1.82, 2.24) is 19.9 Å². The number of carbonyl (C=O) groups is 1. The van der Waals surface area contributed by atoms with Crippen molar-refractivity contribution in [3.63, 3.8) is 0 Å². The van der Waals surface area contributed by atoms with Gasteiger partial charge >= 0.3 is 0 Å². The Morgan fingerprint density at radius 1 is 1.28 bits per heavy atom. The molecule has 154 valence electrons. The van der Waals surface area contributed by atoms with Crippen LogP contribution in [0.1, 0.15) is 49.6 Å². The number of thioether (sulfide) groups is 1. The number of rotatable bonds is 8. The van der Waals surface area contributed by atoms with E-state index in [1.165, 1.54) is 17.3 Å². The van der Waals surface area contributed by atoms with Gasteiger partial charge in [-0.15, -0.1) is 0 Å². The number of aromatic amines is 1. The zero-order valence-corrected chi connectivity index (χ0v) is 18.2. The van der Waals surface area contributed by atoms with Crippen LogP contribution in [0, 0.1) is 13.8 Å². The number of hydrogen-bond acceptors (Lipinski definition) is 4. The molecule has 0 bridgehead atoms. The number of amides is 1. The smallest absolute Gasteiger partial charge is 0.278 e. The molecule has 0 saturated heterocycles. The molecule has 2 N–H and O–H groups in total. The molecule has 3 rings (SSSR count). The predicted molar refractivity (Wildman–Crippen MR) is 118 cm³/mol. The lowest BCUT2D eigenvalue weighted by molar-refractivity contribution is -0.119. The third-order valence-corrected chi connectivity index (χ3v) is 5.84. The summed E-state index contributed by atoms with van der Waals surface area (Å²) in [4.78, 5) is 33.1. The van der Waals surface area contributed by atoms with Crippen LogP contribution in [-0.4, -0.2) is 26.2 Å². The van der Waals surface area contributed by atoms with E-state index in [1.54, 1.807) is 4.57 Å². The highest BCUT2D eigenvalue weighted by atomic mass is 32.2. The van der Waals surface area contributed by atoms with Crippen LogP contribution in [0.25, 0.3) is 11.0 Å². The topological polar surface area (TPSA) is 79.8 Å². The van der Waals surface area contributed by atoms with Gasteiger partial charge in [0.25, 0.3) is 5.56 Å². The van der Waals surface area contributed by atoms with Gasteiger partial charge in [-0.2, -0.15) is 0 Å². The largest absolute Gasteiger partial charge is 0.353 e. The monoisotopic (exact) mass is 412 g/mol. The number of nitrogens with zero attached hydrogens (tertiary/aromatic N) is 2. The fraction of sp³-hybridized carbons (Fsp3) is 0.409. The lowest BCUT2D eigenvalue weighted by Crippen LogP contribution is -2.29. The van der Waals surface area contributed by atoms with Crippen molar-refractivity contribution < 1.29 is 4.79 Å². The van der Waals surface area contributed by atoms with Crippen LogP contribution in [0.3, 0.4) is 0 Å². The Balaban J connectivity index is 1.73. The van der Waals surface area contributed by atoms with Crippen LogP contribution in [0.2, 0.25) is 0 Å². The molecule has 0 saturated carbocycles. The van der Waals surface area contributed by atoms with Crippen LogP contribution in [-0.2, 0) is 11.3 Å². The van der Waals surface area contributed by atoms with Crippen LogP contribution in [0.15, 0.2) is 40.3 Å². The summed E-state index contributed by atoms with van der Waals surface area (Å²) >= 11 is 1.31. The molecule has 0 fully saturated rings. The van der Waals surface area contributed by atoms with Gasteiger partial charge in [-0.3, -0.25) is 14.2 Å². The van der Waals surface area contributed by atoms with E-state index < -0.39 is 0 Å². The fourth-order valence-corrected chi connectivity index (χ4v) is 4.02. The van der Waals surface area contributed by atoms with Gasteiger partial charge in [0.2, 0.25) is 5.91 Å². The standard InChI is InChI=1S/C22H28N4O2S/c1-5-6-11-26-21(28)20-18(12-15(3)23-20)25-22(26)29-13-19(27)24-16(4)17-9-7-14(2)8-10-17/h7-10,12,16,23H,5-6,11,13H2,1-4H3,(H,24,27)/t16-/m0/s1. The van der Waals surface area contributed by atoms with Crippen LogP contribution >= 0.6 is 11.8 Å². The minimum Gasteiger partial charge on any atom is -0.353 e. The molecule has 1 atom stereocenters. The zero-order valence-electron chi connectivity index (χ0n) is 17.4. The van der Waals surface area contributed by atoms with Crippen LogP contribution in [0.5, 0.6) is 0 Å². The number of benzene rings is 1. The highest BCUT2D eigenvalue weighted by Crippen LogP contribution is 2.20. The quantitative estimate of drug-likeness (QED) is 0.431. The summed E-state index contributed by atoms with van der Waals surface area (Å²) in [6.07, 6.45) is 1.86. The summed E-state index contributed by atoms with van der Waals surface area (Å²) in [5.41, 5.74) is 4.26. The molecule has 6 nitrogen and oxygen atoms in total. The zero-order chi connectivity index (χ0) is 21.0. The summed E-state index contributed by atoms with van der Waals surface area (Å²) in [5.74, 6) is 0.133. The number of aromatic nitrogens is 3. The SMILES string of the molecule is CCCCn1c(SCC(=O)N[C@@H](C)c2ccc(C)cc2)nc2cc(C)[nH]c2c1=O. The van der Waals surface area contributed by atoms with Gasteiger partial charge < -0.3 is 10.3 Å². The Hall–Kier alpha value is -2.54. The molecule has 1 aromatic carbocycles. The number of carbonyl (C=O) groups excluding carboxylic acids is 1. The molecule has 2 heterocycles. The van der Waals surface area contributed by atoms with Crippen molar-refractivity contribution in [2.45, 2.75) is 58.3 Å². The molecule has 0 aliphatic rings. The summed E-state index contributed by atoms with van der Waals surface area (Å²) in [7, 11) is 0. The van der Waals surface area contributed by atoms with Crippen molar-refractivity contribution in [2.24, 2.45) is 0 Å². The van der Waals surface area contributed by atoms with Crippen LogP contribution in [0.4, 0.5) is 0 Å². The van der Waals surface area contributed by atoms with Gasteiger partial charge in [-0.05, 0) is 38.8 Å². The van der Waals surface area contributed by atoms with E-state index in [9.17, 15) is 9.59 Å². The molecule has 0 unspecified atom stereocenters. The van der Waals surface area contributed by atoms with Crippen molar-refractivity contribution in [1.29, 1.82) is 0 Å². The van der Waals surface area contributed by atoms with E-state index in [2.05, 4.69) is 22.2 Å². The number of hydrogen-bond donors (Lipinski definition) is 2. The maximum absolute atomic E-state index is 12.9. The molecule has 0 aliphatic heterocycles. The second kappa shape index (κ2) is 9.31. The Bertz CT molecular complexity index is 1050. The van der Waals surface area contributed by atoms with Crippen molar-refractivity contribution in [3.8, 4) is 0 Å². The first-order chi connectivity index (χ1) is 13.9. The van der Waals surface area contributed by atoms with E-state index in [1.807, 2.05) is 51.1 Å². The van der Waals surface area contributed by atoms with Crippen molar-refractivity contribution in [2.75, 3.05) is 5.75 Å². The maximum Gasteiger partial charge on any atom is 0.278 e. The third kappa shape index (κ3) is 5.09. The number of aryl methyl sites for hydroxylation is 2. The second-order valence-corrected chi connectivity index (χ2v) is 8.35. The van der Waals surface area contributed by atoms with Gasteiger partial charge in [0, 0.05) is 12.2 Å². The minimum atomic E-state index is -0.0790. The van der Waals surface area contributed by atoms with E-state index >= 15 is 0 Å². The molecule has 1 amide bonds. The number of H-pyrrole nitrogens is 1. The number of nitrogens with one attached hydrogen (secondary N) is 2. The van der Waals surface area contributed by atoms with Crippen molar-refractivity contribution in [3.05, 3.63) is 57.5 Å². The van der Waals surface area contributed by atoms with Gasteiger partial charge in [-0.1, -0.05) is 54.9 Å². The van der Waals surface area contributed by atoms with Gasteiger partial charge in [0.05, 0.1) is 17.3 Å². The highest BCUT2D eigenvalue weighted by Gasteiger charge is 2.16. The Morgan fingerprint density at radius 3 is 2.69 bits per heavy atom. The molecular formula is C22H28N4O2S. The predicted octanol–water partition coefficient (Wildman–Crippen LogP) is 4.11. The highest BCUT2D eigenvalue weighted by molar-refractivity contribution is 7.99. The van der Waals surface area contributed by atoms with E-state index in [0.717, 1.165) is 24.1 Å². The molecule has 29 heavy (non-hydrogen) atoms. The lowest BCUT2D eigenvalue weighted by Gasteiger charge is -2.15. The molecule has 7 heteroatoms. The second-order valence-electron chi connectivity index (χ2n) is 7.41. The minimum absolute atomic E-state index is 0.0752. The Labute approximate surface area is 175 Å². The van der Waals surface area contributed by atoms with Gasteiger partial charge in [0.1, 0.15) is 5.52 Å². The lowest BCUT2D eigenvalue weighted by atomic mass is 10.1. The van der Waals surface area contributed by atoms with Crippen molar-refractivity contribution >= 4 is 28.7 Å². The van der Waals surface area contributed by atoms with Gasteiger partial charge in [0.15, 0.2) is 5.16 Å². The molecule has 3 aromatic rings. The van der Waals surface area contributed by atoms with E-state index in [0.29, 0.717) is 22.7 Å². The van der Waals surface area contributed by atoms with E-state index in [4.69, 9.17) is 0 Å². The van der Waals surface area contributed by atoms with Crippen LogP contribution < -0.4 is 10.9 Å². The summed E-state index contributed by atoms with van der Waals surface area (Å²) in [6, 6.07) is 9.92. The summed E-state index contributed by atoms with van der Waals surface area (Å²) < 4.78 is 1.68. The molecule has 2 aromatic heterocycles. The van der Waals surface area contributed by atoms with E-state index in [-0.39, 0.29) is 23.3 Å². The first-order valence-electron chi connectivity index (χ1n) is 9.98. The Kier molecular flexibility index (Phi) is 6.79. The summed E-state index contributed by atoms with van der Waals surface area (Å²) in [6.45, 7) is 8.60. The average molecular weight is 413 g/mol. The molecule has 0 aliphatic carbocycles. The average Bonchev–Trinajstić information content (AvgIpc) is 3.07. The number of unbranched alkanes of at least 4 members (excludes halogenated alkanes) is 1. The molecular weight excluding hydrogens is 384 g/mol. The van der Waals surface area contributed by atoms with Gasteiger partial charge in [-0.25, -0.2) is 4.98 Å². The number of fused-ring (bicyclic) bond motifs is 1.